The van der Waals surface area contributed by atoms with Gasteiger partial charge >= 0.3 is 0 Å². The first kappa shape index (κ1) is 14.0. The van der Waals surface area contributed by atoms with E-state index in [2.05, 4.69) is 60.7 Å². The molecule has 2 unspecified atom stereocenters. The lowest BCUT2D eigenvalue weighted by Gasteiger charge is -2.42. The van der Waals surface area contributed by atoms with Gasteiger partial charge in [0.15, 0.2) is 5.79 Å². The Morgan fingerprint density at radius 1 is 0.818 bits per heavy atom. The van der Waals surface area contributed by atoms with Gasteiger partial charge in [-0.05, 0) is 30.4 Å². The maximum atomic E-state index is 11.2. The van der Waals surface area contributed by atoms with E-state index in [0.29, 0.717) is 6.61 Å². The van der Waals surface area contributed by atoms with E-state index in [1.807, 2.05) is 0 Å². The van der Waals surface area contributed by atoms with Gasteiger partial charge in [-0.1, -0.05) is 60.7 Å². The molecule has 1 heterocycles. The van der Waals surface area contributed by atoms with Crippen LogP contribution >= 0.6 is 0 Å². The van der Waals surface area contributed by atoms with Crippen molar-refractivity contribution in [1.82, 2.24) is 0 Å². The van der Waals surface area contributed by atoms with Crippen LogP contribution in [-0.2, 0) is 4.74 Å². The Hall–Kier alpha value is -1.64. The molecule has 0 amide bonds. The Morgan fingerprint density at radius 2 is 1.41 bits per heavy atom. The van der Waals surface area contributed by atoms with E-state index in [-0.39, 0.29) is 11.3 Å². The maximum absolute atomic E-state index is 11.2. The highest BCUT2D eigenvalue weighted by molar-refractivity contribution is 5.37. The lowest BCUT2D eigenvalue weighted by atomic mass is 9.64. The average Bonchev–Trinajstić information content (AvgIpc) is 3.03. The standard InChI is InChI=1S/C20H22O2/c21-20-13-7-12-19(20,14-15-22-20)18(16-8-3-1-4-9-16)17-10-5-2-6-11-17/h1-6,8-11,18,21H,7,12-15H2. The third-order valence-corrected chi connectivity index (χ3v) is 5.62. The molecule has 2 fully saturated rings. The first-order chi connectivity index (χ1) is 10.8. The van der Waals surface area contributed by atoms with Gasteiger partial charge in [-0.3, -0.25) is 0 Å². The number of rotatable bonds is 3. The van der Waals surface area contributed by atoms with Gasteiger partial charge in [-0.25, -0.2) is 0 Å². The second kappa shape index (κ2) is 5.22. The van der Waals surface area contributed by atoms with Gasteiger partial charge in [0, 0.05) is 17.8 Å². The van der Waals surface area contributed by atoms with Crippen LogP contribution in [0.1, 0.15) is 42.7 Å². The second-order valence-corrected chi connectivity index (χ2v) is 6.65. The molecule has 2 aromatic rings. The average molecular weight is 294 g/mol. The van der Waals surface area contributed by atoms with Gasteiger partial charge in [-0.2, -0.15) is 0 Å². The van der Waals surface area contributed by atoms with E-state index in [1.54, 1.807) is 0 Å². The highest BCUT2D eigenvalue weighted by atomic mass is 16.6. The number of ether oxygens (including phenoxy) is 1. The molecule has 1 saturated heterocycles. The zero-order valence-corrected chi connectivity index (χ0v) is 12.7. The van der Waals surface area contributed by atoms with E-state index >= 15 is 0 Å². The summed E-state index contributed by atoms with van der Waals surface area (Å²) in [6.45, 7) is 0.659. The number of fused-ring (bicyclic) bond motifs is 1. The largest absolute Gasteiger partial charge is 0.365 e. The Morgan fingerprint density at radius 3 is 2.00 bits per heavy atom. The Bertz CT molecular complexity index is 586. The van der Waals surface area contributed by atoms with Crippen molar-refractivity contribution in [3.05, 3.63) is 71.8 Å². The van der Waals surface area contributed by atoms with E-state index < -0.39 is 5.79 Å². The Labute approximate surface area is 131 Å². The van der Waals surface area contributed by atoms with Crippen molar-refractivity contribution in [2.24, 2.45) is 5.41 Å². The molecule has 0 spiro atoms. The summed E-state index contributed by atoms with van der Waals surface area (Å²) >= 11 is 0. The molecule has 2 nitrogen and oxygen atoms in total. The number of aliphatic hydroxyl groups is 1. The fourth-order valence-electron chi connectivity index (χ4n) is 4.66. The molecule has 2 aromatic carbocycles. The van der Waals surface area contributed by atoms with Crippen molar-refractivity contribution in [2.75, 3.05) is 6.61 Å². The van der Waals surface area contributed by atoms with Gasteiger partial charge in [-0.15, -0.1) is 0 Å². The van der Waals surface area contributed by atoms with Crippen molar-refractivity contribution in [2.45, 2.75) is 37.4 Å². The topological polar surface area (TPSA) is 29.5 Å². The summed E-state index contributed by atoms with van der Waals surface area (Å²) in [5.74, 6) is -0.784. The maximum Gasteiger partial charge on any atom is 0.172 e. The monoisotopic (exact) mass is 294 g/mol. The summed E-state index contributed by atoms with van der Waals surface area (Å²) in [7, 11) is 0. The summed E-state index contributed by atoms with van der Waals surface area (Å²) < 4.78 is 5.85. The smallest absolute Gasteiger partial charge is 0.172 e. The minimum atomic E-state index is -0.969. The van der Waals surface area contributed by atoms with Crippen LogP contribution in [0.3, 0.4) is 0 Å². The predicted molar refractivity (Wildman–Crippen MR) is 86.5 cm³/mol. The number of hydrogen-bond acceptors (Lipinski definition) is 2. The summed E-state index contributed by atoms with van der Waals surface area (Å²) in [6.07, 6.45) is 3.74. The third-order valence-electron chi connectivity index (χ3n) is 5.62. The molecule has 22 heavy (non-hydrogen) atoms. The predicted octanol–water partition coefficient (Wildman–Crippen LogP) is 4.10. The lowest BCUT2D eigenvalue weighted by molar-refractivity contribution is -0.215. The molecule has 1 saturated carbocycles. The van der Waals surface area contributed by atoms with E-state index in [0.717, 1.165) is 25.7 Å². The minimum absolute atomic E-state index is 0.185. The molecule has 2 heteroatoms. The number of benzene rings is 2. The van der Waals surface area contributed by atoms with Crippen LogP contribution in [0.15, 0.2) is 60.7 Å². The first-order valence-electron chi connectivity index (χ1n) is 8.21. The minimum Gasteiger partial charge on any atom is -0.365 e. The molecule has 0 radical (unpaired) electrons. The molecule has 0 bridgehead atoms. The SMILES string of the molecule is OC12CCCC1(C(c1ccccc1)c1ccccc1)CCO2. The Kier molecular flexibility index (Phi) is 3.32. The molecule has 114 valence electrons. The zero-order valence-electron chi connectivity index (χ0n) is 12.7. The highest BCUT2D eigenvalue weighted by Crippen LogP contribution is 2.62. The molecule has 1 aliphatic carbocycles. The van der Waals surface area contributed by atoms with Crippen LogP contribution < -0.4 is 0 Å². The second-order valence-electron chi connectivity index (χ2n) is 6.65. The fraction of sp³-hybridized carbons (Fsp3) is 0.400. The van der Waals surface area contributed by atoms with Gasteiger partial charge in [0.05, 0.1) is 6.61 Å². The van der Waals surface area contributed by atoms with Gasteiger partial charge in [0.2, 0.25) is 0 Å². The third kappa shape index (κ3) is 1.94. The Balaban J connectivity index is 1.88. The van der Waals surface area contributed by atoms with E-state index in [1.165, 1.54) is 11.1 Å². The van der Waals surface area contributed by atoms with Crippen molar-refractivity contribution in [3.63, 3.8) is 0 Å². The van der Waals surface area contributed by atoms with Crippen LogP contribution in [0.5, 0.6) is 0 Å². The van der Waals surface area contributed by atoms with E-state index in [9.17, 15) is 5.11 Å². The molecule has 1 aliphatic heterocycles. The quantitative estimate of drug-likeness (QED) is 0.923. The fourth-order valence-corrected chi connectivity index (χ4v) is 4.66. The van der Waals surface area contributed by atoms with Crippen LogP contribution in [0.2, 0.25) is 0 Å². The summed E-state index contributed by atoms with van der Waals surface area (Å²) in [6, 6.07) is 21.2. The van der Waals surface area contributed by atoms with Gasteiger partial charge in [0.1, 0.15) is 0 Å². The summed E-state index contributed by atoms with van der Waals surface area (Å²) in [5.41, 5.74) is 2.36. The lowest BCUT2D eigenvalue weighted by Crippen LogP contribution is -2.44. The van der Waals surface area contributed by atoms with Crippen LogP contribution in [0.4, 0.5) is 0 Å². The molecule has 4 rings (SSSR count). The number of hydrogen-bond donors (Lipinski definition) is 1. The molecule has 2 aliphatic rings. The zero-order chi connectivity index (χ0) is 15.0. The molecule has 2 atom stereocenters. The van der Waals surface area contributed by atoms with E-state index in [4.69, 9.17) is 4.74 Å². The van der Waals surface area contributed by atoms with Crippen molar-refractivity contribution in [3.8, 4) is 0 Å². The van der Waals surface area contributed by atoms with Gasteiger partial charge < -0.3 is 9.84 Å². The van der Waals surface area contributed by atoms with Crippen molar-refractivity contribution < 1.29 is 9.84 Å². The highest BCUT2D eigenvalue weighted by Gasteiger charge is 2.62. The van der Waals surface area contributed by atoms with Crippen LogP contribution in [0, 0.1) is 5.41 Å². The first-order valence-corrected chi connectivity index (χ1v) is 8.21. The molecular weight excluding hydrogens is 272 g/mol. The van der Waals surface area contributed by atoms with Crippen molar-refractivity contribution >= 4 is 0 Å². The van der Waals surface area contributed by atoms with Crippen molar-refractivity contribution in [1.29, 1.82) is 0 Å². The molecular formula is C20H22O2. The van der Waals surface area contributed by atoms with Gasteiger partial charge in [0.25, 0.3) is 0 Å². The normalized spacial score (nSPS) is 30.6. The summed E-state index contributed by atoms with van der Waals surface area (Å²) in [5, 5.41) is 11.2. The summed E-state index contributed by atoms with van der Waals surface area (Å²) in [4.78, 5) is 0. The van der Waals surface area contributed by atoms with Crippen LogP contribution in [0.25, 0.3) is 0 Å². The molecule has 1 N–H and O–H groups in total. The molecule has 0 aromatic heterocycles. The van der Waals surface area contributed by atoms with Crippen LogP contribution in [-0.4, -0.2) is 17.5 Å².